The van der Waals surface area contributed by atoms with Crippen molar-refractivity contribution in [2.24, 2.45) is 5.92 Å². The quantitative estimate of drug-likeness (QED) is 0.833. The number of hydrogen-bond acceptors (Lipinski definition) is 5. The van der Waals surface area contributed by atoms with Crippen molar-refractivity contribution in [1.29, 1.82) is 0 Å². The van der Waals surface area contributed by atoms with Gasteiger partial charge in [-0.1, -0.05) is 6.07 Å². The number of nitrogens with zero attached hydrogens (tertiary/aromatic N) is 4. The first-order valence-corrected chi connectivity index (χ1v) is 7.84. The number of aryl methyl sites for hydroxylation is 1. The first kappa shape index (κ1) is 15.6. The Morgan fingerprint density at radius 2 is 2.30 bits per heavy atom. The summed E-state index contributed by atoms with van der Waals surface area (Å²) in [6.07, 6.45) is 2.73. The maximum atomic E-state index is 11.1. The van der Waals surface area contributed by atoms with Gasteiger partial charge in [-0.2, -0.15) is 15.4 Å². The van der Waals surface area contributed by atoms with Crippen LogP contribution >= 0.6 is 0 Å². The number of aliphatic carboxylic acids is 1. The number of carboxylic acids is 1. The highest BCUT2D eigenvalue weighted by Gasteiger charge is 2.36. The number of aromatic amines is 1. The van der Waals surface area contributed by atoms with Crippen molar-refractivity contribution in [3.05, 3.63) is 41.5 Å². The molecule has 1 aliphatic rings. The van der Waals surface area contributed by atoms with Crippen molar-refractivity contribution < 1.29 is 9.90 Å². The zero-order valence-electron chi connectivity index (χ0n) is 13.1. The Balaban J connectivity index is 1.64. The number of aromatic nitrogens is 4. The second kappa shape index (κ2) is 6.87. The first-order valence-electron chi connectivity index (χ1n) is 7.84. The average Bonchev–Trinajstić information content (AvgIpc) is 3.14. The smallest absolute Gasteiger partial charge is 0.303 e. The standard InChI is InChI=1S/C16H21N5O2/c1-11-3-2-4-13(18-11)5-6-21-9-12(7-16(22)23)14(10-21)15-8-17-20-19-15/h2-4,8,12,14H,5-7,9-10H2,1H3,(H,22,23)(H,17,19,20)/t12-,14+/m1/s1. The molecule has 0 bridgehead atoms. The zero-order chi connectivity index (χ0) is 16.2. The van der Waals surface area contributed by atoms with Gasteiger partial charge in [0.1, 0.15) is 0 Å². The van der Waals surface area contributed by atoms with E-state index in [2.05, 4.69) is 25.3 Å². The molecule has 1 fully saturated rings. The van der Waals surface area contributed by atoms with Crippen LogP contribution in [0.25, 0.3) is 0 Å². The van der Waals surface area contributed by atoms with Crippen molar-refractivity contribution in [1.82, 2.24) is 25.3 Å². The molecule has 2 aromatic heterocycles. The molecule has 0 spiro atoms. The summed E-state index contributed by atoms with van der Waals surface area (Å²) in [6.45, 7) is 4.45. The molecule has 0 aliphatic carbocycles. The number of rotatable bonds is 6. The van der Waals surface area contributed by atoms with E-state index in [1.54, 1.807) is 6.20 Å². The van der Waals surface area contributed by atoms with E-state index in [4.69, 9.17) is 5.11 Å². The van der Waals surface area contributed by atoms with E-state index in [0.29, 0.717) is 0 Å². The molecule has 1 saturated heterocycles. The Morgan fingerprint density at radius 3 is 3.00 bits per heavy atom. The van der Waals surface area contributed by atoms with Gasteiger partial charge in [-0.3, -0.25) is 9.78 Å². The number of hydrogen-bond donors (Lipinski definition) is 2. The monoisotopic (exact) mass is 315 g/mol. The van der Waals surface area contributed by atoms with Gasteiger partial charge in [0.05, 0.1) is 18.3 Å². The molecule has 0 saturated carbocycles. The molecular weight excluding hydrogens is 294 g/mol. The molecule has 0 amide bonds. The summed E-state index contributed by atoms with van der Waals surface area (Å²) in [6, 6.07) is 6.04. The minimum atomic E-state index is -0.759. The highest BCUT2D eigenvalue weighted by atomic mass is 16.4. The normalized spacial score (nSPS) is 21.6. The van der Waals surface area contributed by atoms with Gasteiger partial charge in [0.15, 0.2) is 0 Å². The Bertz CT molecular complexity index is 658. The second-order valence-corrected chi connectivity index (χ2v) is 6.14. The van der Waals surface area contributed by atoms with Crippen LogP contribution < -0.4 is 0 Å². The largest absolute Gasteiger partial charge is 0.481 e. The summed E-state index contributed by atoms with van der Waals surface area (Å²) >= 11 is 0. The lowest BCUT2D eigenvalue weighted by Gasteiger charge is -2.15. The summed E-state index contributed by atoms with van der Waals surface area (Å²) < 4.78 is 0. The second-order valence-electron chi connectivity index (χ2n) is 6.14. The lowest BCUT2D eigenvalue weighted by atomic mass is 9.91. The van der Waals surface area contributed by atoms with Crippen molar-refractivity contribution in [2.75, 3.05) is 19.6 Å². The number of nitrogens with one attached hydrogen (secondary N) is 1. The number of H-pyrrole nitrogens is 1. The highest BCUT2D eigenvalue weighted by Crippen LogP contribution is 2.33. The van der Waals surface area contributed by atoms with Gasteiger partial charge in [0.25, 0.3) is 0 Å². The SMILES string of the molecule is Cc1cccc(CCN2C[C@@H](CC(=O)O)[C@@H](c3cn[nH]n3)C2)n1. The molecule has 1 aliphatic heterocycles. The molecular formula is C16H21N5O2. The van der Waals surface area contributed by atoms with Gasteiger partial charge in [-0.05, 0) is 25.0 Å². The molecule has 122 valence electrons. The Labute approximate surface area is 134 Å². The van der Waals surface area contributed by atoms with Gasteiger partial charge < -0.3 is 10.0 Å². The van der Waals surface area contributed by atoms with Gasteiger partial charge >= 0.3 is 5.97 Å². The van der Waals surface area contributed by atoms with Crippen molar-refractivity contribution in [3.8, 4) is 0 Å². The Kier molecular flexibility index (Phi) is 4.66. The van der Waals surface area contributed by atoms with Crippen LogP contribution in [-0.2, 0) is 11.2 Å². The summed E-state index contributed by atoms with van der Waals surface area (Å²) in [5.74, 6) is -0.566. The molecule has 0 unspecified atom stereocenters. The van der Waals surface area contributed by atoms with Crippen LogP contribution in [0, 0.1) is 12.8 Å². The topological polar surface area (TPSA) is 95.0 Å². The maximum absolute atomic E-state index is 11.1. The average molecular weight is 315 g/mol. The summed E-state index contributed by atoms with van der Waals surface area (Å²) in [4.78, 5) is 17.9. The van der Waals surface area contributed by atoms with Crippen LogP contribution in [0.5, 0.6) is 0 Å². The predicted molar refractivity (Wildman–Crippen MR) is 84.0 cm³/mol. The van der Waals surface area contributed by atoms with E-state index in [-0.39, 0.29) is 18.3 Å². The highest BCUT2D eigenvalue weighted by molar-refractivity contribution is 5.67. The lowest BCUT2D eigenvalue weighted by Crippen LogP contribution is -2.24. The molecule has 7 heteroatoms. The summed E-state index contributed by atoms with van der Waals surface area (Å²) in [7, 11) is 0. The van der Waals surface area contributed by atoms with Crippen LogP contribution in [0.1, 0.15) is 29.4 Å². The molecule has 3 rings (SSSR count). The number of carbonyl (C=O) groups is 1. The van der Waals surface area contributed by atoms with Crippen molar-refractivity contribution in [2.45, 2.75) is 25.7 Å². The molecule has 23 heavy (non-hydrogen) atoms. The van der Waals surface area contributed by atoms with E-state index in [1.807, 2.05) is 25.1 Å². The van der Waals surface area contributed by atoms with Crippen LogP contribution in [0.15, 0.2) is 24.4 Å². The molecule has 3 heterocycles. The van der Waals surface area contributed by atoms with Gasteiger partial charge in [-0.15, -0.1) is 0 Å². The summed E-state index contributed by atoms with van der Waals surface area (Å²) in [5, 5.41) is 19.8. The fourth-order valence-electron chi connectivity index (χ4n) is 3.31. The predicted octanol–water partition coefficient (Wildman–Crippen LogP) is 1.24. The molecule has 0 aromatic carbocycles. The minimum absolute atomic E-state index is 0.0723. The van der Waals surface area contributed by atoms with E-state index >= 15 is 0 Å². The Morgan fingerprint density at radius 1 is 1.43 bits per heavy atom. The van der Waals surface area contributed by atoms with Gasteiger partial charge in [-0.25, -0.2) is 0 Å². The maximum Gasteiger partial charge on any atom is 0.303 e. The number of likely N-dealkylation sites (tertiary alicyclic amines) is 1. The molecule has 2 atom stereocenters. The van der Waals surface area contributed by atoms with E-state index in [0.717, 1.165) is 43.1 Å². The van der Waals surface area contributed by atoms with Crippen LogP contribution in [-0.4, -0.2) is 56.0 Å². The summed E-state index contributed by atoms with van der Waals surface area (Å²) in [5.41, 5.74) is 2.95. The van der Waals surface area contributed by atoms with E-state index < -0.39 is 5.97 Å². The van der Waals surface area contributed by atoms with Gasteiger partial charge in [0, 0.05) is 43.4 Å². The van der Waals surface area contributed by atoms with Gasteiger partial charge in [0.2, 0.25) is 0 Å². The van der Waals surface area contributed by atoms with Crippen molar-refractivity contribution in [3.63, 3.8) is 0 Å². The van der Waals surface area contributed by atoms with E-state index in [9.17, 15) is 4.79 Å². The number of carboxylic acid groups (broad SMARTS) is 1. The third-order valence-electron chi connectivity index (χ3n) is 4.40. The first-order chi connectivity index (χ1) is 11.1. The van der Waals surface area contributed by atoms with Crippen LogP contribution in [0.3, 0.4) is 0 Å². The van der Waals surface area contributed by atoms with Crippen molar-refractivity contribution >= 4 is 5.97 Å². The molecule has 2 N–H and O–H groups in total. The lowest BCUT2D eigenvalue weighted by molar-refractivity contribution is -0.138. The minimum Gasteiger partial charge on any atom is -0.481 e. The molecule has 0 radical (unpaired) electrons. The number of pyridine rings is 1. The van der Waals surface area contributed by atoms with Crippen LogP contribution in [0.4, 0.5) is 0 Å². The van der Waals surface area contributed by atoms with Crippen LogP contribution in [0.2, 0.25) is 0 Å². The molecule has 2 aromatic rings. The fraction of sp³-hybridized carbons (Fsp3) is 0.500. The third kappa shape index (κ3) is 3.92. The van der Waals surface area contributed by atoms with E-state index in [1.165, 1.54) is 0 Å². The Hall–Kier alpha value is -2.28. The fourth-order valence-corrected chi connectivity index (χ4v) is 3.31. The molecule has 7 nitrogen and oxygen atoms in total. The third-order valence-corrected chi connectivity index (χ3v) is 4.40. The zero-order valence-corrected chi connectivity index (χ0v) is 13.1.